The molecule has 1 N–H and O–H groups in total. The van der Waals surface area contributed by atoms with E-state index in [-0.39, 0.29) is 11.8 Å². The standard InChI is InChI=1S/C23H26N2O5/c1-28-19-12-10-16(21(29-2)22(19)30-3)11-13-20(26)24-18-9-5-4-8-17(18)23(27)25-14-6-7-15-25/h4-5,8-13H,6-7,14-15H2,1-3H3,(H,24,26)/b13-11+. The number of likely N-dealkylation sites (tertiary alicyclic amines) is 1. The average molecular weight is 410 g/mol. The normalized spacial score (nSPS) is 13.4. The van der Waals surface area contributed by atoms with E-state index in [1.807, 2.05) is 4.90 Å². The number of anilines is 1. The molecule has 0 saturated carbocycles. The first kappa shape index (κ1) is 21.2. The number of nitrogens with one attached hydrogen (secondary N) is 1. The van der Waals surface area contributed by atoms with Gasteiger partial charge in [-0.15, -0.1) is 0 Å². The predicted molar refractivity (Wildman–Crippen MR) is 115 cm³/mol. The fourth-order valence-electron chi connectivity index (χ4n) is 3.46. The lowest BCUT2D eigenvalue weighted by Crippen LogP contribution is -2.28. The Morgan fingerprint density at radius 3 is 2.30 bits per heavy atom. The van der Waals surface area contributed by atoms with Gasteiger partial charge in [-0.05, 0) is 43.2 Å². The summed E-state index contributed by atoms with van der Waals surface area (Å²) in [6, 6.07) is 10.6. The van der Waals surface area contributed by atoms with Gasteiger partial charge in [0, 0.05) is 24.7 Å². The molecule has 0 aliphatic carbocycles. The van der Waals surface area contributed by atoms with Crippen LogP contribution >= 0.6 is 0 Å². The van der Waals surface area contributed by atoms with Gasteiger partial charge in [0.25, 0.3) is 5.91 Å². The smallest absolute Gasteiger partial charge is 0.255 e. The largest absolute Gasteiger partial charge is 0.493 e. The second-order valence-electron chi connectivity index (χ2n) is 6.79. The SMILES string of the molecule is COc1ccc(/C=C/C(=O)Nc2ccccc2C(=O)N2CCCC2)c(OC)c1OC. The summed E-state index contributed by atoms with van der Waals surface area (Å²) in [5.74, 6) is 1.03. The summed E-state index contributed by atoms with van der Waals surface area (Å²) in [5, 5.41) is 2.80. The van der Waals surface area contributed by atoms with Crippen LogP contribution in [0.5, 0.6) is 17.2 Å². The number of amides is 2. The molecule has 2 aromatic carbocycles. The number of hydrogen-bond donors (Lipinski definition) is 1. The number of methoxy groups -OCH3 is 3. The molecule has 30 heavy (non-hydrogen) atoms. The van der Waals surface area contributed by atoms with E-state index in [2.05, 4.69) is 5.32 Å². The fourth-order valence-corrected chi connectivity index (χ4v) is 3.46. The van der Waals surface area contributed by atoms with Crippen LogP contribution in [0.3, 0.4) is 0 Å². The summed E-state index contributed by atoms with van der Waals surface area (Å²) in [4.78, 5) is 27.1. The zero-order chi connectivity index (χ0) is 21.5. The van der Waals surface area contributed by atoms with E-state index in [0.29, 0.717) is 34.1 Å². The van der Waals surface area contributed by atoms with Crippen LogP contribution in [0.4, 0.5) is 5.69 Å². The average Bonchev–Trinajstić information content (AvgIpc) is 3.31. The molecule has 2 aromatic rings. The molecule has 0 atom stereocenters. The monoisotopic (exact) mass is 410 g/mol. The Morgan fingerprint density at radius 2 is 1.63 bits per heavy atom. The van der Waals surface area contributed by atoms with E-state index in [4.69, 9.17) is 14.2 Å². The minimum Gasteiger partial charge on any atom is -0.493 e. The maximum atomic E-state index is 12.8. The zero-order valence-corrected chi connectivity index (χ0v) is 17.4. The quantitative estimate of drug-likeness (QED) is 0.706. The number of para-hydroxylation sites is 1. The van der Waals surface area contributed by atoms with Gasteiger partial charge in [-0.2, -0.15) is 0 Å². The van der Waals surface area contributed by atoms with Crippen molar-refractivity contribution in [3.63, 3.8) is 0 Å². The van der Waals surface area contributed by atoms with Gasteiger partial charge >= 0.3 is 0 Å². The van der Waals surface area contributed by atoms with Crippen LogP contribution in [0.2, 0.25) is 0 Å². The number of rotatable bonds is 7. The minimum atomic E-state index is -0.353. The van der Waals surface area contributed by atoms with Crippen molar-refractivity contribution < 1.29 is 23.8 Å². The number of carbonyl (C=O) groups excluding carboxylic acids is 2. The van der Waals surface area contributed by atoms with Crippen LogP contribution in [0.1, 0.15) is 28.8 Å². The number of ether oxygens (including phenoxy) is 3. The molecule has 1 aliphatic rings. The van der Waals surface area contributed by atoms with Crippen LogP contribution < -0.4 is 19.5 Å². The van der Waals surface area contributed by atoms with Crippen molar-refractivity contribution in [1.82, 2.24) is 4.90 Å². The number of benzene rings is 2. The van der Waals surface area contributed by atoms with Gasteiger partial charge in [0.15, 0.2) is 11.5 Å². The third kappa shape index (κ3) is 4.56. The van der Waals surface area contributed by atoms with Crippen molar-refractivity contribution in [2.45, 2.75) is 12.8 Å². The summed E-state index contributed by atoms with van der Waals surface area (Å²) >= 11 is 0. The highest BCUT2D eigenvalue weighted by Gasteiger charge is 2.22. The summed E-state index contributed by atoms with van der Waals surface area (Å²) in [6.45, 7) is 1.50. The summed E-state index contributed by atoms with van der Waals surface area (Å²) < 4.78 is 16.1. The van der Waals surface area contributed by atoms with Gasteiger partial charge < -0.3 is 24.4 Å². The Morgan fingerprint density at radius 1 is 0.933 bits per heavy atom. The predicted octanol–water partition coefficient (Wildman–Crippen LogP) is 3.60. The van der Waals surface area contributed by atoms with Crippen LogP contribution in [-0.2, 0) is 4.79 Å². The van der Waals surface area contributed by atoms with Gasteiger partial charge in [-0.25, -0.2) is 0 Å². The number of hydrogen-bond acceptors (Lipinski definition) is 5. The first-order valence-corrected chi connectivity index (χ1v) is 9.75. The molecule has 1 aliphatic heterocycles. The van der Waals surface area contributed by atoms with Crippen molar-refractivity contribution in [3.8, 4) is 17.2 Å². The fraction of sp³-hybridized carbons (Fsp3) is 0.304. The molecular weight excluding hydrogens is 384 g/mol. The highest BCUT2D eigenvalue weighted by atomic mass is 16.5. The lowest BCUT2D eigenvalue weighted by molar-refractivity contribution is -0.111. The molecule has 1 fully saturated rings. The molecular formula is C23H26N2O5. The minimum absolute atomic E-state index is 0.0612. The molecule has 7 nitrogen and oxygen atoms in total. The Labute approximate surface area is 176 Å². The first-order chi connectivity index (χ1) is 14.6. The van der Waals surface area contributed by atoms with Crippen molar-refractivity contribution in [3.05, 3.63) is 53.6 Å². The lowest BCUT2D eigenvalue weighted by atomic mass is 10.1. The Kier molecular flexibility index (Phi) is 6.95. The molecule has 0 radical (unpaired) electrons. The maximum absolute atomic E-state index is 12.8. The highest BCUT2D eigenvalue weighted by molar-refractivity contribution is 6.07. The molecule has 158 valence electrons. The Hall–Kier alpha value is -3.48. The van der Waals surface area contributed by atoms with Crippen LogP contribution in [0.15, 0.2) is 42.5 Å². The maximum Gasteiger partial charge on any atom is 0.255 e. The zero-order valence-electron chi connectivity index (χ0n) is 17.4. The van der Waals surface area contributed by atoms with Gasteiger partial charge in [-0.3, -0.25) is 9.59 Å². The van der Waals surface area contributed by atoms with Crippen molar-refractivity contribution in [2.24, 2.45) is 0 Å². The third-order valence-corrected chi connectivity index (χ3v) is 4.96. The molecule has 0 aromatic heterocycles. The van der Waals surface area contributed by atoms with E-state index in [9.17, 15) is 9.59 Å². The number of nitrogens with zero attached hydrogens (tertiary/aromatic N) is 1. The second-order valence-corrected chi connectivity index (χ2v) is 6.79. The van der Waals surface area contributed by atoms with Crippen LogP contribution in [0.25, 0.3) is 6.08 Å². The van der Waals surface area contributed by atoms with Gasteiger partial charge in [0.2, 0.25) is 11.7 Å². The van der Waals surface area contributed by atoms with E-state index in [1.54, 1.807) is 49.6 Å². The molecule has 3 rings (SSSR count). The summed E-state index contributed by atoms with van der Waals surface area (Å²) in [6.07, 6.45) is 5.04. The molecule has 0 spiro atoms. The van der Waals surface area contributed by atoms with Crippen molar-refractivity contribution >= 4 is 23.6 Å². The topological polar surface area (TPSA) is 77.1 Å². The summed E-state index contributed by atoms with van der Waals surface area (Å²) in [7, 11) is 4.59. The lowest BCUT2D eigenvalue weighted by Gasteiger charge is -2.17. The number of carbonyl (C=O) groups is 2. The van der Waals surface area contributed by atoms with Gasteiger partial charge in [-0.1, -0.05) is 12.1 Å². The molecule has 0 unspecified atom stereocenters. The summed E-state index contributed by atoms with van der Waals surface area (Å²) in [5.41, 5.74) is 1.64. The molecule has 1 heterocycles. The Balaban J connectivity index is 1.78. The van der Waals surface area contributed by atoms with E-state index in [1.165, 1.54) is 20.3 Å². The third-order valence-electron chi connectivity index (χ3n) is 4.96. The van der Waals surface area contributed by atoms with Crippen molar-refractivity contribution in [1.29, 1.82) is 0 Å². The van der Waals surface area contributed by atoms with Crippen LogP contribution in [-0.4, -0.2) is 51.1 Å². The first-order valence-electron chi connectivity index (χ1n) is 9.75. The highest BCUT2D eigenvalue weighted by Crippen LogP contribution is 2.40. The Bertz CT molecular complexity index is 949. The molecule has 0 bridgehead atoms. The van der Waals surface area contributed by atoms with Gasteiger partial charge in [0.1, 0.15) is 0 Å². The van der Waals surface area contributed by atoms with E-state index in [0.717, 1.165) is 25.9 Å². The van der Waals surface area contributed by atoms with Gasteiger partial charge in [0.05, 0.1) is 32.6 Å². The molecule has 1 saturated heterocycles. The van der Waals surface area contributed by atoms with E-state index >= 15 is 0 Å². The molecule has 7 heteroatoms. The van der Waals surface area contributed by atoms with Crippen molar-refractivity contribution in [2.75, 3.05) is 39.7 Å². The molecule has 2 amide bonds. The van der Waals surface area contributed by atoms with Crippen LogP contribution in [0, 0.1) is 0 Å². The van der Waals surface area contributed by atoms with E-state index < -0.39 is 0 Å². The second kappa shape index (κ2) is 9.82.